The molecule has 0 saturated carbocycles. The fourth-order valence-electron chi connectivity index (χ4n) is 2.61. The van der Waals surface area contributed by atoms with Crippen molar-refractivity contribution in [2.75, 3.05) is 5.32 Å². The van der Waals surface area contributed by atoms with Gasteiger partial charge in [0.15, 0.2) is 0 Å². The van der Waals surface area contributed by atoms with Gasteiger partial charge in [0.1, 0.15) is 17.2 Å². The van der Waals surface area contributed by atoms with Crippen LogP contribution < -0.4 is 10.6 Å². The molecule has 0 spiro atoms. The first-order chi connectivity index (χ1) is 12.1. The smallest absolute Gasteiger partial charge is 0.262 e. The lowest BCUT2D eigenvalue weighted by Crippen LogP contribution is -2.27. The number of dihydropyridines is 1. The second-order valence-electron chi connectivity index (χ2n) is 5.69. The summed E-state index contributed by atoms with van der Waals surface area (Å²) in [6, 6.07) is 15.3. The maximum Gasteiger partial charge on any atom is 0.262 e. The third kappa shape index (κ3) is 4.14. The molecule has 25 heavy (non-hydrogen) atoms. The van der Waals surface area contributed by atoms with Crippen molar-refractivity contribution in [3.63, 3.8) is 0 Å². The summed E-state index contributed by atoms with van der Waals surface area (Å²) < 4.78 is 0. The molecule has 2 aromatic rings. The van der Waals surface area contributed by atoms with Crippen LogP contribution in [0.1, 0.15) is 12.0 Å². The van der Waals surface area contributed by atoms with Gasteiger partial charge in [-0.3, -0.25) is 4.79 Å². The Morgan fingerprint density at radius 1 is 1.12 bits per heavy atom. The van der Waals surface area contributed by atoms with E-state index in [4.69, 9.17) is 0 Å². The molecule has 2 heterocycles. The first kappa shape index (κ1) is 16.5. The number of aliphatic hydroxyl groups excluding tert-OH is 1. The van der Waals surface area contributed by atoms with Crippen molar-refractivity contribution in [1.29, 1.82) is 0 Å². The number of amides is 1. The minimum absolute atomic E-state index is 0.0970. The van der Waals surface area contributed by atoms with Crippen molar-refractivity contribution in [3.8, 4) is 0 Å². The zero-order chi connectivity index (χ0) is 17.6. The topological polar surface area (TPSA) is 74.2 Å². The number of aliphatic hydroxyl groups is 1. The van der Waals surface area contributed by atoms with E-state index in [-0.39, 0.29) is 11.3 Å². The maximum atomic E-state index is 12.4. The summed E-state index contributed by atoms with van der Waals surface area (Å²) in [6.45, 7) is 3.86. The fourth-order valence-corrected chi connectivity index (χ4v) is 2.61. The van der Waals surface area contributed by atoms with E-state index in [9.17, 15) is 9.90 Å². The van der Waals surface area contributed by atoms with Gasteiger partial charge in [0.05, 0.1) is 0 Å². The second-order valence-corrected chi connectivity index (χ2v) is 5.69. The quantitative estimate of drug-likeness (QED) is 0.783. The number of pyridine rings is 1. The third-order valence-corrected chi connectivity index (χ3v) is 3.84. The highest BCUT2D eigenvalue weighted by Crippen LogP contribution is 2.22. The molecular formula is C20H19N3O2. The normalized spacial score (nSPS) is 13.9. The molecular weight excluding hydrogens is 314 g/mol. The van der Waals surface area contributed by atoms with Gasteiger partial charge in [0, 0.05) is 23.7 Å². The summed E-state index contributed by atoms with van der Waals surface area (Å²) in [5.41, 5.74) is 2.52. The molecule has 0 aliphatic carbocycles. The molecule has 0 bridgehead atoms. The van der Waals surface area contributed by atoms with Crippen LogP contribution in [0.25, 0.3) is 0 Å². The second kappa shape index (κ2) is 7.49. The lowest BCUT2D eigenvalue weighted by Gasteiger charge is -2.21. The van der Waals surface area contributed by atoms with E-state index in [0.717, 1.165) is 12.1 Å². The molecule has 0 radical (unpaired) electrons. The Labute approximate surface area is 146 Å². The number of carbonyl (C=O) groups excluding carboxylic acids is 1. The lowest BCUT2D eigenvalue weighted by atomic mass is 10.0. The van der Waals surface area contributed by atoms with E-state index in [1.165, 1.54) is 5.56 Å². The monoisotopic (exact) mass is 333 g/mol. The molecule has 0 fully saturated rings. The molecule has 1 amide bonds. The highest BCUT2D eigenvalue weighted by atomic mass is 16.3. The summed E-state index contributed by atoms with van der Waals surface area (Å²) in [7, 11) is 0. The Morgan fingerprint density at radius 2 is 1.88 bits per heavy atom. The van der Waals surface area contributed by atoms with Gasteiger partial charge in [0.25, 0.3) is 5.91 Å². The standard InChI is InChI=1S/C20H19N3O2/c1-14-19(20(25)23-18-9-5-6-12-21-18)17(24)13-16(22-14)11-10-15-7-3-2-4-8-15/h2-9,12-13,22,24H,1,10-11H2,(H,21,23,25). The molecule has 3 N–H and O–H groups in total. The van der Waals surface area contributed by atoms with Gasteiger partial charge < -0.3 is 15.7 Å². The molecule has 5 nitrogen and oxygen atoms in total. The Balaban J connectivity index is 1.71. The van der Waals surface area contributed by atoms with Crippen LogP contribution in [0.2, 0.25) is 0 Å². The summed E-state index contributed by atoms with van der Waals surface area (Å²) in [5.74, 6) is -0.133. The summed E-state index contributed by atoms with van der Waals surface area (Å²) in [4.78, 5) is 16.4. The Morgan fingerprint density at radius 3 is 2.56 bits per heavy atom. The Hall–Kier alpha value is -3.34. The molecule has 126 valence electrons. The minimum Gasteiger partial charge on any atom is -0.507 e. The van der Waals surface area contributed by atoms with Crippen LogP contribution in [0.3, 0.4) is 0 Å². The van der Waals surface area contributed by atoms with E-state index in [0.29, 0.717) is 17.9 Å². The van der Waals surface area contributed by atoms with Gasteiger partial charge in [-0.2, -0.15) is 0 Å². The van der Waals surface area contributed by atoms with E-state index in [1.807, 2.05) is 18.2 Å². The van der Waals surface area contributed by atoms with Crippen LogP contribution in [0, 0.1) is 0 Å². The predicted molar refractivity (Wildman–Crippen MR) is 97.6 cm³/mol. The molecule has 0 unspecified atom stereocenters. The van der Waals surface area contributed by atoms with Crippen LogP contribution in [0.4, 0.5) is 5.82 Å². The first-order valence-electron chi connectivity index (χ1n) is 8.00. The number of benzene rings is 1. The molecule has 1 aromatic heterocycles. The highest BCUT2D eigenvalue weighted by Gasteiger charge is 2.22. The van der Waals surface area contributed by atoms with Crippen molar-refractivity contribution in [3.05, 3.63) is 95.7 Å². The summed E-state index contributed by atoms with van der Waals surface area (Å²) in [5, 5.41) is 16.0. The van der Waals surface area contributed by atoms with Crippen LogP contribution in [-0.4, -0.2) is 16.0 Å². The SMILES string of the molecule is C=C1NC(CCc2ccccc2)=CC(O)=C1C(=O)Nc1ccccn1. The average molecular weight is 333 g/mol. The largest absolute Gasteiger partial charge is 0.507 e. The molecule has 1 aliphatic heterocycles. The first-order valence-corrected chi connectivity index (χ1v) is 8.00. The Kier molecular flexibility index (Phi) is 4.95. The van der Waals surface area contributed by atoms with Gasteiger partial charge in [-0.1, -0.05) is 43.0 Å². The van der Waals surface area contributed by atoms with Crippen LogP contribution in [-0.2, 0) is 11.2 Å². The van der Waals surface area contributed by atoms with Crippen molar-refractivity contribution in [2.24, 2.45) is 0 Å². The minimum atomic E-state index is -0.452. The lowest BCUT2D eigenvalue weighted by molar-refractivity contribution is -0.112. The van der Waals surface area contributed by atoms with Crippen LogP contribution >= 0.6 is 0 Å². The van der Waals surface area contributed by atoms with E-state index >= 15 is 0 Å². The number of hydrogen-bond acceptors (Lipinski definition) is 4. The highest BCUT2D eigenvalue weighted by molar-refractivity contribution is 6.07. The maximum absolute atomic E-state index is 12.4. The number of aryl methyl sites for hydroxylation is 1. The number of nitrogens with zero attached hydrogens (tertiary/aromatic N) is 1. The number of nitrogens with one attached hydrogen (secondary N) is 2. The number of allylic oxidation sites excluding steroid dienone is 2. The van der Waals surface area contributed by atoms with E-state index < -0.39 is 5.91 Å². The Bertz CT molecular complexity index is 840. The van der Waals surface area contributed by atoms with Crippen molar-refractivity contribution < 1.29 is 9.90 Å². The van der Waals surface area contributed by atoms with Gasteiger partial charge in [-0.05, 0) is 30.5 Å². The number of rotatable bonds is 5. The number of aromatic nitrogens is 1. The molecule has 3 rings (SSSR count). The average Bonchev–Trinajstić information content (AvgIpc) is 2.61. The molecule has 0 atom stereocenters. The zero-order valence-corrected chi connectivity index (χ0v) is 13.7. The van der Waals surface area contributed by atoms with E-state index in [1.54, 1.807) is 30.5 Å². The van der Waals surface area contributed by atoms with Gasteiger partial charge in [-0.25, -0.2) is 4.98 Å². The molecule has 5 heteroatoms. The molecule has 1 aromatic carbocycles. The van der Waals surface area contributed by atoms with Crippen molar-refractivity contribution in [1.82, 2.24) is 10.3 Å². The summed E-state index contributed by atoms with van der Waals surface area (Å²) >= 11 is 0. The molecule has 1 aliphatic rings. The van der Waals surface area contributed by atoms with Crippen LogP contribution in [0.15, 0.2) is 90.1 Å². The van der Waals surface area contributed by atoms with Crippen LogP contribution in [0.5, 0.6) is 0 Å². The molecule has 0 saturated heterocycles. The predicted octanol–water partition coefficient (Wildman–Crippen LogP) is 3.47. The van der Waals surface area contributed by atoms with Crippen molar-refractivity contribution in [2.45, 2.75) is 12.8 Å². The fraction of sp³-hybridized carbons (Fsp3) is 0.100. The van der Waals surface area contributed by atoms with Gasteiger partial charge in [-0.15, -0.1) is 0 Å². The number of carbonyl (C=O) groups is 1. The van der Waals surface area contributed by atoms with E-state index in [2.05, 4.69) is 34.3 Å². The van der Waals surface area contributed by atoms with Gasteiger partial charge >= 0.3 is 0 Å². The van der Waals surface area contributed by atoms with Gasteiger partial charge in [0.2, 0.25) is 0 Å². The third-order valence-electron chi connectivity index (χ3n) is 3.84. The number of hydrogen-bond donors (Lipinski definition) is 3. The number of anilines is 1. The zero-order valence-electron chi connectivity index (χ0n) is 13.7. The van der Waals surface area contributed by atoms with Crippen molar-refractivity contribution >= 4 is 11.7 Å². The summed E-state index contributed by atoms with van der Waals surface area (Å²) in [6.07, 6.45) is 4.70.